The van der Waals surface area contributed by atoms with Crippen molar-refractivity contribution in [1.82, 2.24) is 0 Å². The summed E-state index contributed by atoms with van der Waals surface area (Å²) >= 11 is 0. The van der Waals surface area contributed by atoms with Gasteiger partial charge in [0.15, 0.2) is 0 Å². The van der Waals surface area contributed by atoms with Crippen LogP contribution in [0, 0.1) is 29.1 Å². The predicted molar refractivity (Wildman–Crippen MR) is 123 cm³/mol. The highest BCUT2D eigenvalue weighted by molar-refractivity contribution is 5.40. The number of aliphatic hydroxyl groups excluding tert-OH is 2. The van der Waals surface area contributed by atoms with Gasteiger partial charge in [-0.25, -0.2) is 0 Å². The molecule has 5 atom stereocenters. The predicted octanol–water partition coefficient (Wildman–Crippen LogP) is 4.85. The standard InChI is InChI=1S/C27H38O3/c1-18(8-6-14-26(3,4)30)23-12-13-24-20(9-7-15-27(23,24)5)10-11-21-16-22(28)17-25(29)19(21)2/h10-12,18,22,24-25,28-30H,2,7-9,13,15-17H2,1,3-5H3/t18-,22+,24?,25+,27-/m1/s1. The first kappa shape index (κ1) is 23.1. The molecular formula is C27H38O3. The Kier molecular flexibility index (Phi) is 6.82. The Morgan fingerprint density at radius 1 is 1.33 bits per heavy atom. The Labute approximate surface area is 182 Å². The van der Waals surface area contributed by atoms with Crippen molar-refractivity contribution >= 4 is 0 Å². The second kappa shape index (κ2) is 8.87. The summed E-state index contributed by atoms with van der Waals surface area (Å²) in [6.45, 7) is 12.1. The van der Waals surface area contributed by atoms with Gasteiger partial charge in [-0.1, -0.05) is 61.6 Å². The van der Waals surface area contributed by atoms with Gasteiger partial charge in [0.2, 0.25) is 0 Å². The number of allylic oxidation sites excluding steroid dienone is 5. The average Bonchev–Trinajstić information content (AvgIpc) is 3.00. The number of hydrogen-bond acceptors (Lipinski definition) is 3. The Bertz CT molecular complexity index is 826. The van der Waals surface area contributed by atoms with E-state index >= 15 is 0 Å². The van der Waals surface area contributed by atoms with Gasteiger partial charge in [-0.15, -0.1) is 0 Å². The number of fused-ring (bicyclic) bond motifs is 1. The van der Waals surface area contributed by atoms with Crippen molar-refractivity contribution in [3.63, 3.8) is 0 Å². The molecular weight excluding hydrogens is 372 g/mol. The number of hydrogen-bond donors (Lipinski definition) is 3. The highest BCUT2D eigenvalue weighted by atomic mass is 16.3. The van der Waals surface area contributed by atoms with Crippen molar-refractivity contribution in [1.29, 1.82) is 0 Å². The molecule has 30 heavy (non-hydrogen) atoms. The maximum atomic E-state index is 10.1. The highest BCUT2D eigenvalue weighted by Gasteiger charge is 2.45. The lowest BCUT2D eigenvalue weighted by Gasteiger charge is -2.42. The van der Waals surface area contributed by atoms with E-state index in [2.05, 4.69) is 50.5 Å². The molecule has 0 radical (unpaired) electrons. The van der Waals surface area contributed by atoms with Gasteiger partial charge >= 0.3 is 0 Å². The van der Waals surface area contributed by atoms with Gasteiger partial charge in [-0.2, -0.15) is 0 Å². The lowest BCUT2D eigenvalue weighted by Crippen LogP contribution is -2.32. The SMILES string of the molecule is C=C1C(=CC=C2CCC[C@]3(C)C([C@H](C)CC#CC(C)(C)O)=CCC23)C[C@H](O)C[C@@H]1O. The van der Waals surface area contributed by atoms with Crippen LogP contribution in [-0.2, 0) is 0 Å². The monoisotopic (exact) mass is 410 g/mol. The first-order valence-corrected chi connectivity index (χ1v) is 11.4. The van der Waals surface area contributed by atoms with Crippen LogP contribution in [0.2, 0.25) is 0 Å². The third-order valence-corrected chi connectivity index (χ3v) is 7.21. The molecule has 3 rings (SSSR count). The second-order valence-corrected chi connectivity index (χ2v) is 10.3. The van der Waals surface area contributed by atoms with Gasteiger partial charge in [-0.3, -0.25) is 0 Å². The lowest BCUT2D eigenvalue weighted by atomic mass is 9.62. The van der Waals surface area contributed by atoms with E-state index in [0.717, 1.165) is 30.4 Å². The molecule has 3 N–H and O–H groups in total. The van der Waals surface area contributed by atoms with E-state index in [9.17, 15) is 15.3 Å². The summed E-state index contributed by atoms with van der Waals surface area (Å²) < 4.78 is 0. The van der Waals surface area contributed by atoms with E-state index < -0.39 is 17.8 Å². The Morgan fingerprint density at radius 3 is 2.77 bits per heavy atom. The van der Waals surface area contributed by atoms with Crippen LogP contribution < -0.4 is 0 Å². The van der Waals surface area contributed by atoms with Gasteiger partial charge in [0, 0.05) is 12.8 Å². The number of rotatable bonds is 3. The molecule has 0 saturated heterocycles. The molecule has 1 unspecified atom stereocenters. The van der Waals surface area contributed by atoms with Crippen molar-refractivity contribution in [2.24, 2.45) is 17.3 Å². The Hall–Kier alpha value is -1.60. The first-order valence-electron chi connectivity index (χ1n) is 11.4. The van der Waals surface area contributed by atoms with Crippen LogP contribution in [0.1, 0.15) is 72.6 Å². The molecule has 0 aliphatic heterocycles. The second-order valence-electron chi connectivity index (χ2n) is 10.3. The molecule has 3 aliphatic rings. The molecule has 0 aromatic rings. The zero-order valence-electron chi connectivity index (χ0n) is 19.0. The maximum absolute atomic E-state index is 10.1. The molecule has 0 amide bonds. The van der Waals surface area contributed by atoms with E-state index in [0.29, 0.717) is 24.7 Å². The van der Waals surface area contributed by atoms with Crippen molar-refractivity contribution in [3.05, 3.63) is 47.1 Å². The molecule has 164 valence electrons. The molecule has 0 aromatic heterocycles. The molecule has 0 spiro atoms. The molecule has 2 fully saturated rings. The fraction of sp³-hybridized carbons (Fsp3) is 0.630. The van der Waals surface area contributed by atoms with Crippen molar-refractivity contribution in [2.45, 2.75) is 90.4 Å². The molecule has 3 aliphatic carbocycles. The highest BCUT2D eigenvalue weighted by Crippen LogP contribution is 2.56. The van der Waals surface area contributed by atoms with Crippen molar-refractivity contribution in [3.8, 4) is 11.8 Å². The third-order valence-electron chi connectivity index (χ3n) is 7.21. The summed E-state index contributed by atoms with van der Waals surface area (Å²) in [5.41, 5.74) is 3.95. The van der Waals surface area contributed by atoms with Gasteiger partial charge in [-0.05, 0) is 74.3 Å². The largest absolute Gasteiger partial charge is 0.393 e. The van der Waals surface area contributed by atoms with E-state index in [1.165, 1.54) is 24.0 Å². The third kappa shape index (κ3) is 4.99. The smallest absolute Gasteiger partial charge is 0.119 e. The average molecular weight is 411 g/mol. The molecule has 0 aromatic carbocycles. The van der Waals surface area contributed by atoms with Crippen molar-refractivity contribution < 1.29 is 15.3 Å². The quantitative estimate of drug-likeness (QED) is 0.460. The zero-order chi connectivity index (χ0) is 22.1. The van der Waals surface area contributed by atoms with Gasteiger partial charge < -0.3 is 15.3 Å². The van der Waals surface area contributed by atoms with E-state index in [4.69, 9.17) is 0 Å². The minimum Gasteiger partial charge on any atom is -0.393 e. The summed E-state index contributed by atoms with van der Waals surface area (Å²) in [6.07, 6.45) is 11.9. The summed E-state index contributed by atoms with van der Waals surface area (Å²) in [5.74, 6) is 7.03. The molecule has 3 heteroatoms. The van der Waals surface area contributed by atoms with Gasteiger partial charge in [0.05, 0.1) is 12.2 Å². The van der Waals surface area contributed by atoms with Crippen LogP contribution >= 0.6 is 0 Å². The molecule has 0 heterocycles. The lowest BCUT2D eigenvalue weighted by molar-refractivity contribution is 0.0862. The minimum absolute atomic E-state index is 0.168. The van der Waals surface area contributed by atoms with Gasteiger partial charge in [0.1, 0.15) is 5.60 Å². The number of aliphatic hydroxyl groups is 3. The minimum atomic E-state index is -0.936. The fourth-order valence-corrected chi connectivity index (χ4v) is 5.61. The summed E-state index contributed by atoms with van der Waals surface area (Å²) in [4.78, 5) is 0. The Morgan fingerprint density at radius 2 is 2.07 bits per heavy atom. The van der Waals surface area contributed by atoms with Crippen LogP contribution in [0.4, 0.5) is 0 Å². The summed E-state index contributed by atoms with van der Waals surface area (Å²) in [6, 6.07) is 0. The van der Waals surface area contributed by atoms with Crippen LogP contribution in [0.25, 0.3) is 0 Å². The normalized spacial score (nSPS) is 35.6. The molecule has 3 nitrogen and oxygen atoms in total. The van der Waals surface area contributed by atoms with Crippen LogP contribution in [0.5, 0.6) is 0 Å². The van der Waals surface area contributed by atoms with Crippen LogP contribution in [0.15, 0.2) is 47.1 Å². The summed E-state index contributed by atoms with van der Waals surface area (Å²) in [7, 11) is 0. The first-order chi connectivity index (χ1) is 14.0. The molecule has 0 bridgehead atoms. The van der Waals surface area contributed by atoms with E-state index in [1.54, 1.807) is 13.8 Å². The van der Waals surface area contributed by atoms with Crippen molar-refractivity contribution in [2.75, 3.05) is 0 Å². The van der Waals surface area contributed by atoms with E-state index in [-0.39, 0.29) is 5.41 Å². The van der Waals surface area contributed by atoms with E-state index in [1.807, 2.05) is 0 Å². The van der Waals surface area contributed by atoms with Crippen LogP contribution in [0.3, 0.4) is 0 Å². The Balaban J connectivity index is 1.76. The topological polar surface area (TPSA) is 60.7 Å². The van der Waals surface area contributed by atoms with Gasteiger partial charge in [0.25, 0.3) is 0 Å². The molecule has 2 saturated carbocycles. The maximum Gasteiger partial charge on any atom is 0.119 e. The summed E-state index contributed by atoms with van der Waals surface area (Å²) in [5, 5.41) is 30.0. The zero-order valence-corrected chi connectivity index (χ0v) is 19.0. The van der Waals surface area contributed by atoms with Crippen LogP contribution in [-0.4, -0.2) is 33.1 Å². The fourth-order valence-electron chi connectivity index (χ4n) is 5.61.